The van der Waals surface area contributed by atoms with Crippen molar-refractivity contribution in [1.82, 2.24) is 0 Å². The third-order valence-electron chi connectivity index (χ3n) is 4.95. The van der Waals surface area contributed by atoms with Crippen molar-refractivity contribution in [3.63, 3.8) is 0 Å². The van der Waals surface area contributed by atoms with Gasteiger partial charge in [-0.2, -0.15) is 0 Å². The van der Waals surface area contributed by atoms with Crippen molar-refractivity contribution in [2.24, 2.45) is 0 Å². The Morgan fingerprint density at radius 3 is 2.06 bits per heavy atom. The molecule has 2 N–H and O–H groups in total. The van der Waals surface area contributed by atoms with E-state index in [4.69, 9.17) is 4.74 Å². The summed E-state index contributed by atoms with van der Waals surface area (Å²) >= 11 is 0. The van der Waals surface area contributed by atoms with Gasteiger partial charge in [0.1, 0.15) is 5.75 Å². The molecule has 0 saturated heterocycles. The molecule has 0 saturated carbocycles. The van der Waals surface area contributed by atoms with Crippen LogP contribution in [0.4, 0.5) is 5.69 Å². The number of ether oxygens (including phenoxy) is 1. The number of rotatable bonds is 4. The third-order valence-corrected chi connectivity index (χ3v) is 4.95. The summed E-state index contributed by atoms with van der Waals surface area (Å²) in [6.07, 6.45) is -1.12. The Morgan fingerprint density at radius 2 is 1.42 bits per heavy atom. The van der Waals surface area contributed by atoms with Gasteiger partial charge in [0.15, 0.2) is 17.7 Å². The number of phenolic OH excluding ortho intramolecular Hbond substituents is 1. The number of carbonyl (C=O) groups excluding carboxylic acids is 4. The number of phenols is 1. The average Bonchev–Trinajstić information content (AvgIpc) is 2.77. The standard InChI is InChI=1S/C24H17NO6/c1-13(31-24(30)14-6-9-16(26)10-7-14)23(29)25-15-8-11-19-20(12-15)22(28)18-5-3-2-4-17(18)21(19)27/h2-13,26H,1H3,(H,25,29)/t13-/m1/s1. The molecule has 0 bridgehead atoms. The summed E-state index contributed by atoms with van der Waals surface area (Å²) in [7, 11) is 0. The lowest BCUT2D eigenvalue weighted by atomic mass is 9.84. The summed E-state index contributed by atoms with van der Waals surface area (Å²) in [5.41, 5.74) is 1.64. The van der Waals surface area contributed by atoms with Crippen LogP contribution in [0, 0.1) is 0 Å². The molecule has 0 radical (unpaired) electrons. The molecule has 1 amide bonds. The molecule has 0 aromatic heterocycles. The molecule has 0 heterocycles. The van der Waals surface area contributed by atoms with Crippen molar-refractivity contribution >= 4 is 29.1 Å². The number of amides is 1. The van der Waals surface area contributed by atoms with Crippen LogP contribution >= 0.6 is 0 Å². The maximum atomic E-state index is 12.8. The van der Waals surface area contributed by atoms with Crippen LogP contribution in [0.25, 0.3) is 0 Å². The lowest BCUT2D eigenvalue weighted by molar-refractivity contribution is -0.123. The second-order valence-corrected chi connectivity index (χ2v) is 7.05. The fraction of sp³-hybridized carbons (Fsp3) is 0.0833. The molecular formula is C24H17NO6. The van der Waals surface area contributed by atoms with Gasteiger partial charge in [-0.15, -0.1) is 0 Å². The summed E-state index contributed by atoms with van der Waals surface area (Å²) in [5.74, 6) is -1.86. The minimum Gasteiger partial charge on any atom is -0.508 e. The number of ketones is 2. The van der Waals surface area contributed by atoms with Gasteiger partial charge in [-0.05, 0) is 49.4 Å². The lowest BCUT2D eigenvalue weighted by Gasteiger charge is -2.19. The molecule has 1 atom stereocenters. The predicted octanol–water partition coefficient (Wildman–Crippen LogP) is 3.35. The number of anilines is 1. The summed E-state index contributed by atoms with van der Waals surface area (Å²) in [4.78, 5) is 50.1. The highest BCUT2D eigenvalue weighted by Gasteiger charge is 2.29. The van der Waals surface area contributed by atoms with Crippen LogP contribution in [0.5, 0.6) is 5.75 Å². The van der Waals surface area contributed by atoms with Crippen LogP contribution < -0.4 is 5.32 Å². The SMILES string of the molecule is C[C@@H](OC(=O)c1ccc(O)cc1)C(=O)Nc1ccc2c(c1)C(=O)c1ccccc1C2=O. The topological polar surface area (TPSA) is 110 Å². The second-order valence-electron chi connectivity index (χ2n) is 7.05. The highest BCUT2D eigenvalue weighted by atomic mass is 16.5. The Kier molecular flexibility index (Phi) is 5.09. The van der Waals surface area contributed by atoms with E-state index < -0.39 is 18.0 Å². The summed E-state index contributed by atoms with van der Waals surface area (Å²) < 4.78 is 5.15. The van der Waals surface area contributed by atoms with Crippen molar-refractivity contribution in [2.75, 3.05) is 5.32 Å². The maximum Gasteiger partial charge on any atom is 0.338 e. The number of hydrogen-bond donors (Lipinski definition) is 2. The molecule has 0 spiro atoms. The van der Waals surface area contributed by atoms with Gasteiger partial charge >= 0.3 is 5.97 Å². The minimum absolute atomic E-state index is 0.00500. The third kappa shape index (κ3) is 3.81. The first-order valence-electron chi connectivity index (χ1n) is 9.48. The van der Waals surface area contributed by atoms with Gasteiger partial charge in [0.25, 0.3) is 5.91 Å². The average molecular weight is 415 g/mol. The fourth-order valence-corrected chi connectivity index (χ4v) is 3.30. The van der Waals surface area contributed by atoms with Gasteiger partial charge in [0, 0.05) is 27.9 Å². The Hall–Kier alpha value is -4.26. The van der Waals surface area contributed by atoms with E-state index >= 15 is 0 Å². The van der Waals surface area contributed by atoms with E-state index in [0.29, 0.717) is 16.8 Å². The molecular weight excluding hydrogens is 398 g/mol. The summed E-state index contributed by atoms with van der Waals surface area (Å²) in [5, 5.41) is 11.9. The van der Waals surface area contributed by atoms with E-state index in [1.165, 1.54) is 49.4 Å². The normalized spacial score (nSPS) is 13.1. The number of aromatic hydroxyl groups is 1. The number of esters is 1. The van der Waals surface area contributed by atoms with Crippen molar-refractivity contribution in [1.29, 1.82) is 0 Å². The Bertz CT molecular complexity index is 1230. The number of carbonyl (C=O) groups is 4. The zero-order valence-electron chi connectivity index (χ0n) is 16.4. The first-order chi connectivity index (χ1) is 14.8. The maximum absolute atomic E-state index is 12.8. The minimum atomic E-state index is -1.12. The van der Waals surface area contributed by atoms with Gasteiger partial charge < -0.3 is 15.2 Å². The summed E-state index contributed by atoms with van der Waals surface area (Å²) in [6.45, 7) is 1.41. The molecule has 0 aliphatic heterocycles. The number of fused-ring (bicyclic) bond motifs is 2. The zero-order valence-corrected chi connectivity index (χ0v) is 16.4. The fourth-order valence-electron chi connectivity index (χ4n) is 3.30. The first kappa shape index (κ1) is 20.0. The highest BCUT2D eigenvalue weighted by molar-refractivity contribution is 6.28. The van der Waals surface area contributed by atoms with Crippen LogP contribution in [-0.4, -0.2) is 34.7 Å². The predicted molar refractivity (Wildman–Crippen MR) is 111 cm³/mol. The van der Waals surface area contributed by atoms with E-state index in [2.05, 4.69) is 5.32 Å². The zero-order chi connectivity index (χ0) is 22.1. The molecule has 3 aromatic carbocycles. The van der Waals surface area contributed by atoms with Gasteiger partial charge in [0.2, 0.25) is 0 Å². The molecule has 31 heavy (non-hydrogen) atoms. The van der Waals surface area contributed by atoms with Crippen LogP contribution in [0.1, 0.15) is 49.1 Å². The van der Waals surface area contributed by atoms with E-state index in [9.17, 15) is 24.3 Å². The molecule has 154 valence electrons. The van der Waals surface area contributed by atoms with Crippen molar-refractivity contribution in [2.45, 2.75) is 13.0 Å². The molecule has 0 unspecified atom stereocenters. The Labute approximate surface area is 177 Å². The van der Waals surface area contributed by atoms with E-state index in [-0.39, 0.29) is 34.0 Å². The Morgan fingerprint density at radius 1 is 0.839 bits per heavy atom. The van der Waals surface area contributed by atoms with Crippen LogP contribution in [0.15, 0.2) is 66.7 Å². The quantitative estimate of drug-likeness (QED) is 0.495. The van der Waals surface area contributed by atoms with E-state index in [0.717, 1.165) is 0 Å². The van der Waals surface area contributed by atoms with Crippen molar-refractivity contribution in [3.05, 3.63) is 94.5 Å². The monoisotopic (exact) mass is 415 g/mol. The number of benzene rings is 3. The Balaban J connectivity index is 1.49. The first-order valence-corrected chi connectivity index (χ1v) is 9.48. The molecule has 1 aliphatic rings. The van der Waals surface area contributed by atoms with Crippen LogP contribution in [-0.2, 0) is 9.53 Å². The van der Waals surface area contributed by atoms with E-state index in [1.807, 2.05) is 0 Å². The molecule has 7 heteroatoms. The smallest absolute Gasteiger partial charge is 0.338 e. The van der Waals surface area contributed by atoms with E-state index in [1.54, 1.807) is 24.3 Å². The largest absolute Gasteiger partial charge is 0.508 e. The molecule has 7 nitrogen and oxygen atoms in total. The highest BCUT2D eigenvalue weighted by Crippen LogP contribution is 2.29. The molecule has 1 aliphatic carbocycles. The number of nitrogens with one attached hydrogen (secondary N) is 1. The van der Waals surface area contributed by atoms with Gasteiger partial charge in [-0.1, -0.05) is 24.3 Å². The van der Waals surface area contributed by atoms with Crippen LogP contribution in [0.3, 0.4) is 0 Å². The molecule has 0 fully saturated rings. The van der Waals surface area contributed by atoms with Gasteiger partial charge in [-0.25, -0.2) is 4.79 Å². The number of hydrogen-bond acceptors (Lipinski definition) is 6. The summed E-state index contributed by atoms with van der Waals surface area (Å²) in [6, 6.07) is 16.5. The van der Waals surface area contributed by atoms with Gasteiger partial charge in [-0.3, -0.25) is 14.4 Å². The van der Waals surface area contributed by atoms with Crippen molar-refractivity contribution < 1.29 is 29.0 Å². The van der Waals surface area contributed by atoms with Gasteiger partial charge in [0.05, 0.1) is 5.56 Å². The molecule has 4 rings (SSSR count). The molecule has 3 aromatic rings. The lowest BCUT2D eigenvalue weighted by Crippen LogP contribution is -2.30. The van der Waals surface area contributed by atoms with Crippen molar-refractivity contribution in [3.8, 4) is 5.75 Å². The van der Waals surface area contributed by atoms with Crippen LogP contribution in [0.2, 0.25) is 0 Å². The second kappa shape index (κ2) is 7.87.